The van der Waals surface area contributed by atoms with E-state index >= 15 is 0 Å². The van der Waals surface area contributed by atoms with Crippen LogP contribution in [0.15, 0.2) is 36.4 Å². The van der Waals surface area contributed by atoms with Crippen molar-refractivity contribution in [1.82, 2.24) is 0 Å². The van der Waals surface area contributed by atoms with Crippen LogP contribution in [0.2, 0.25) is 0 Å². The predicted octanol–water partition coefficient (Wildman–Crippen LogP) is 4.04. The smallest absolute Gasteiger partial charge is 0.416 e. The molecule has 0 bridgehead atoms. The maximum atomic E-state index is 12.8. The fourth-order valence-corrected chi connectivity index (χ4v) is 1.92. The molecule has 0 saturated heterocycles. The van der Waals surface area contributed by atoms with Gasteiger partial charge in [0.15, 0.2) is 11.5 Å². The molecule has 3 N–H and O–H groups in total. The quantitative estimate of drug-likeness (QED) is 0.749. The first-order valence-corrected chi connectivity index (χ1v) is 6.20. The Labute approximate surface area is 119 Å². The molecular formula is C15H14F3NO2. The van der Waals surface area contributed by atoms with Crippen LogP contribution in [0.4, 0.5) is 18.9 Å². The average Bonchev–Trinajstić information content (AvgIpc) is 2.40. The van der Waals surface area contributed by atoms with E-state index in [9.17, 15) is 23.4 Å². The highest BCUT2D eigenvalue weighted by molar-refractivity contribution is 5.50. The van der Waals surface area contributed by atoms with Crippen molar-refractivity contribution in [2.75, 3.05) is 5.32 Å². The molecule has 0 saturated carbocycles. The van der Waals surface area contributed by atoms with Crippen LogP contribution in [0.1, 0.15) is 16.7 Å². The van der Waals surface area contributed by atoms with Crippen molar-refractivity contribution < 1.29 is 23.4 Å². The molecule has 0 atom stereocenters. The van der Waals surface area contributed by atoms with Gasteiger partial charge in [-0.15, -0.1) is 0 Å². The number of rotatable bonds is 3. The minimum atomic E-state index is -4.39. The fraction of sp³-hybridized carbons (Fsp3) is 0.200. The lowest BCUT2D eigenvalue weighted by molar-refractivity contribution is -0.138. The molecule has 0 unspecified atom stereocenters. The molecule has 0 fully saturated rings. The SMILES string of the molecule is Cc1ccc(NCc2ccc(O)c(O)c2)cc1C(F)(F)F. The third kappa shape index (κ3) is 3.59. The normalized spacial score (nSPS) is 11.4. The number of hydrogen-bond acceptors (Lipinski definition) is 3. The Morgan fingerprint density at radius 1 is 1.00 bits per heavy atom. The van der Waals surface area contributed by atoms with Gasteiger partial charge in [0, 0.05) is 12.2 Å². The summed E-state index contributed by atoms with van der Waals surface area (Å²) >= 11 is 0. The van der Waals surface area contributed by atoms with Crippen LogP contribution < -0.4 is 5.32 Å². The summed E-state index contributed by atoms with van der Waals surface area (Å²) in [6.07, 6.45) is -4.39. The molecule has 3 nitrogen and oxygen atoms in total. The van der Waals surface area contributed by atoms with Crippen LogP contribution in [0, 0.1) is 6.92 Å². The van der Waals surface area contributed by atoms with E-state index in [1.165, 1.54) is 25.1 Å². The van der Waals surface area contributed by atoms with Gasteiger partial charge in [0.25, 0.3) is 0 Å². The van der Waals surface area contributed by atoms with Crippen LogP contribution in [0.3, 0.4) is 0 Å². The zero-order valence-electron chi connectivity index (χ0n) is 11.2. The van der Waals surface area contributed by atoms with E-state index in [-0.39, 0.29) is 23.6 Å². The number of aromatic hydroxyl groups is 2. The van der Waals surface area contributed by atoms with Gasteiger partial charge in [-0.05, 0) is 42.3 Å². The first-order chi connectivity index (χ1) is 9.77. The molecule has 0 aliphatic rings. The Morgan fingerprint density at radius 2 is 1.71 bits per heavy atom. The van der Waals surface area contributed by atoms with Gasteiger partial charge in [-0.3, -0.25) is 0 Å². The minimum absolute atomic E-state index is 0.162. The predicted molar refractivity (Wildman–Crippen MR) is 73.3 cm³/mol. The van der Waals surface area contributed by atoms with Crippen LogP contribution >= 0.6 is 0 Å². The number of hydrogen-bond donors (Lipinski definition) is 3. The lowest BCUT2D eigenvalue weighted by Gasteiger charge is -2.13. The molecule has 0 amide bonds. The molecule has 0 radical (unpaired) electrons. The summed E-state index contributed by atoms with van der Waals surface area (Å²) in [5.74, 6) is -0.511. The molecule has 0 aliphatic heterocycles. The molecule has 0 aromatic heterocycles. The van der Waals surface area contributed by atoms with Crippen molar-refractivity contribution in [3.8, 4) is 11.5 Å². The van der Waals surface area contributed by atoms with Gasteiger partial charge in [0.1, 0.15) is 0 Å². The molecule has 0 spiro atoms. The highest BCUT2D eigenvalue weighted by atomic mass is 19.4. The van der Waals surface area contributed by atoms with E-state index < -0.39 is 11.7 Å². The Kier molecular flexibility index (Phi) is 3.97. The van der Waals surface area contributed by atoms with Crippen molar-refractivity contribution in [3.63, 3.8) is 0 Å². The monoisotopic (exact) mass is 297 g/mol. The highest BCUT2D eigenvalue weighted by Gasteiger charge is 2.32. The molecule has 112 valence electrons. The van der Waals surface area contributed by atoms with Gasteiger partial charge in [0.2, 0.25) is 0 Å². The second-order valence-corrected chi connectivity index (χ2v) is 4.70. The highest BCUT2D eigenvalue weighted by Crippen LogP contribution is 2.33. The fourth-order valence-electron chi connectivity index (χ4n) is 1.92. The van der Waals surface area contributed by atoms with Crippen LogP contribution in [0.25, 0.3) is 0 Å². The number of alkyl halides is 3. The maximum absolute atomic E-state index is 12.8. The topological polar surface area (TPSA) is 52.5 Å². The van der Waals surface area contributed by atoms with Gasteiger partial charge >= 0.3 is 6.18 Å². The summed E-state index contributed by atoms with van der Waals surface area (Å²) in [7, 11) is 0. The number of phenolic OH excluding ortho intramolecular Hbond substituents is 2. The largest absolute Gasteiger partial charge is 0.504 e. The third-order valence-electron chi connectivity index (χ3n) is 3.08. The number of benzene rings is 2. The van der Waals surface area contributed by atoms with E-state index in [1.54, 1.807) is 12.1 Å². The zero-order chi connectivity index (χ0) is 15.6. The average molecular weight is 297 g/mol. The summed E-state index contributed by atoms with van der Waals surface area (Å²) < 4.78 is 38.4. The molecule has 2 rings (SSSR count). The van der Waals surface area contributed by atoms with E-state index in [4.69, 9.17) is 0 Å². The second-order valence-electron chi connectivity index (χ2n) is 4.70. The Morgan fingerprint density at radius 3 is 2.33 bits per heavy atom. The summed E-state index contributed by atoms with van der Waals surface area (Å²) in [6, 6.07) is 8.25. The zero-order valence-corrected chi connectivity index (χ0v) is 11.2. The molecule has 21 heavy (non-hydrogen) atoms. The van der Waals surface area contributed by atoms with Crippen molar-refractivity contribution in [2.24, 2.45) is 0 Å². The summed E-state index contributed by atoms with van der Waals surface area (Å²) in [6.45, 7) is 1.64. The van der Waals surface area contributed by atoms with Crippen LogP contribution in [0.5, 0.6) is 11.5 Å². The lowest BCUT2D eigenvalue weighted by Crippen LogP contribution is -2.09. The van der Waals surface area contributed by atoms with Crippen molar-refractivity contribution in [1.29, 1.82) is 0 Å². The van der Waals surface area contributed by atoms with Crippen molar-refractivity contribution in [2.45, 2.75) is 19.6 Å². The van der Waals surface area contributed by atoms with Gasteiger partial charge in [-0.1, -0.05) is 12.1 Å². The van der Waals surface area contributed by atoms with Crippen molar-refractivity contribution in [3.05, 3.63) is 53.1 Å². The minimum Gasteiger partial charge on any atom is -0.504 e. The van der Waals surface area contributed by atoms with Gasteiger partial charge in [0.05, 0.1) is 5.56 Å². The van der Waals surface area contributed by atoms with Crippen LogP contribution in [-0.2, 0) is 12.7 Å². The number of nitrogens with one attached hydrogen (secondary N) is 1. The Balaban J connectivity index is 2.15. The molecule has 6 heteroatoms. The summed E-state index contributed by atoms with van der Waals surface area (Å²) in [4.78, 5) is 0. The molecule has 2 aromatic carbocycles. The van der Waals surface area contributed by atoms with Gasteiger partial charge < -0.3 is 15.5 Å². The van der Waals surface area contributed by atoms with E-state index in [0.717, 1.165) is 6.07 Å². The van der Waals surface area contributed by atoms with E-state index in [2.05, 4.69) is 5.32 Å². The standard InChI is InChI=1S/C15H14F3NO2/c1-9-2-4-11(7-12(9)15(16,17)18)19-8-10-3-5-13(20)14(21)6-10/h2-7,19-21H,8H2,1H3. The lowest BCUT2D eigenvalue weighted by atomic mass is 10.1. The molecule has 2 aromatic rings. The van der Waals surface area contributed by atoms with E-state index in [1.807, 2.05) is 0 Å². The van der Waals surface area contributed by atoms with Crippen LogP contribution in [-0.4, -0.2) is 10.2 Å². The third-order valence-corrected chi connectivity index (χ3v) is 3.08. The summed E-state index contributed by atoms with van der Waals surface area (Å²) in [5, 5.41) is 21.4. The molecular weight excluding hydrogens is 283 g/mol. The number of phenols is 2. The molecule has 0 heterocycles. The Bertz CT molecular complexity index is 654. The Hall–Kier alpha value is -2.37. The first-order valence-electron chi connectivity index (χ1n) is 6.20. The summed E-state index contributed by atoms with van der Waals surface area (Å²) in [5.41, 5.74) is 0.455. The van der Waals surface area contributed by atoms with Gasteiger partial charge in [-0.2, -0.15) is 13.2 Å². The van der Waals surface area contributed by atoms with Crippen molar-refractivity contribution >= 4 is 5.69 Å². The van der Waals surface area contributed by atoms with Gasteiger partial charge in [-0.25, -0.2) is 0 Å². The second kappa shape index (κ2) is 5.55. The maximum Gasteiger partial charge on any atom is 0.416 e. The number of halogens is 3. The first kappa shape index (κ1) is 15.0. The number of anilines is 1. The molecule has 0 aliphatic carbocycles. The van der Waals surface area contributed by atoms with E-state index in [0.29, 0.717) is 11.3 Å². The number of aryl methyl sites for hydroxylation is 1.